The number of anilines is 1. The van der Waals surface area contributed by atoms with E-state index >= 15 is 0 Å². The smallest absolute Gasteiger partial charge is 0.329 e. The largest absolute Gasteiger partial charge is 0.356 e. The van der Waals surface area contributed by atoms with Gasteiger partial charge in [0.15, 0.2) is 0 Å². The quantitative estimate of drug-likeness (QED) is 0.698. The van der Waals surface area contributed by atoms with Gasteiger partial charge in [-0.3, -0.25) is 14.3 Å². The normalized spacial score (nSPS) is 10.7. The van der Waals surface area contributed by atoms with E-state index in [1.165, 1.54) is 7.05 Å². The van der Waals surface area contributed by atoms with Crippen molar-refractivity contribution in [2.75, 3.05) is 11.9 Å². The Labute approximate surface area is 160 Å². The van der Waals surface area contributed by atoms with Gasteiger partial charge >= 0.3 is 5.69 Å². The molecule has 0 aliphatic carbocycles. The molecule has 2 aromatic carbocycles. The van der Waals surface area contributed by atoms with Crippen LogP contribution in [0.1, 0.15) is 16.7 Å². The van der Waals surface area contributed by atoms with Crippen molar-refractivity contribution >= 4 is 21.7 Å². The standard InChI is InChI=1S/C20H20BrN3O2/c1-23(13-14-8-4-3-5-9-14)18-16(19(25)24(2)20(26)22-18)12-15-10-6-7-11-17(15)21/h3-11H,12-13H2,1-2H3,(H,22,26). The third-order valence-corrected chi connectivity index (χ3v) is 5.12. The van der Waals surface area contributed by atoms with E-state index in [9.17, 15) is 9.59 Å². The second-order valence-corrected chi connectivity index (χ2v) is 7.09. The number of H-pyrrole nitrogens is 1. The highest BCUT2D eigenvalue weighted by molar-refractivity contribution is 9.10. The molecule has 134 valence electrons. The molecule has 1 heterocycles. The molecular formula is C20H20BrN3O2. The Bertz CT molecular complexity index is 1030. The highest BCUT2D eigenvalue weighted by Crippen LogP contribution is 2.22. The fourth-order valence-corrected chi connectivity index (χ4v) is 3.34. The summed E-state index contributed by atoms with van der Waals surface area (Å²) in [7, 11) is 3.37. The Hall–Kier alpha value is -2.60. The van der Waals surface area contributed by atoms with E-state index in [-0.39, 0.29) is 5.56 Å². The molecule has 26 heavy (non-hydrogen) atoms. The number of rotatable bonds is 5. The van der Waals surface area contributed by atoms with Crippen LogP contribution in [0.5, 0.6) is 0 Å². The Kier molecular flexibility index (Phi) is 5.42. The Morgan fingerprint density at radius 2 is 1.69 bits per heavy atom. The molecule has 0 spiro atoms. The molecule has 5 nitrogen and oxygen atoms in total. The predicted molar refractivity (Wildman–Crippen MR) is 108 cm³/mol. The number of halogens is 1. The zero-order chi connectivity index (χ0) is 18.7. The van der Waals surface area contributed by atoms with Crippen LogP contribution in [0.3, 0.4) is 0 Å². The van der Waals surface area contributed by atoms with Crippen LogP contribution in [0.15, 0.2) is 68.7 Å². The van der Waals surface area contributed by atoms with Crippen LogP contribution in [-0.4, -0.2) is 16.6 Å². The number of aromatic nitrogens is 2. The summed E-state index contributed by atoms with van der Waals surface area (Å²) in [6, 6.07) is 17.7. The number of nitrogens with one attached hydrogen (secondary N) is 1. The first-order chi connectivity index (χ1) is 12.5. The van der Waals surface area contributed by atoms with E-state index in [4.69, 9.17) is 0 Å². The van der Waals surface area contributed by atoms with Crippen molar-refractivity contribution in [3.8, 4) is 0 Å². The summed E-state index contributed by atoms with van der Waals surface area (Å²) < 4.78 is 2.05. The van der Waals surface area contributed by atoms with Gasteiger partial charge in [-0.1, -0.05) is 64.5 Å². The summed E-state index contributed by atoms with van der Waals surface area (Å²) in [6.07, 6.45) is 0.430. The minimum Gasteiger partial charge on any atom is -0.356 e. The van der Waals surface area contributed by atoms with E-state index in [1.54, 1.807) is 0 Å². The third kappa shape index (κ3) is 3.80. The Morgan fingerprint density at radius 3 is 2.38 bits per heavy atom. The molecule has 0 fully saturated rings. The highest BCUT2D eigenvalue weighted by atomic mass is 79.9. The monoisotopic (exact) mass is 413 g/mol. The molecule has 0 saturated carbocycles. The van der Waals surface area contributed by atoms with Gasteiger partial charge in [0, 0.05) is 31.5 Å². The second kappa shape index (κ2) is 7.74. The van der Waals surface area contributed by atoms with Gasteiger partial charge in [-0.15, -0.1) is 0 Å². The van der Waals surface area contributed by atoms with Crippen molar-refractivity contribution in [2.24, 2.45) is 7.05 Å². The highest BCUT2D eigenvalue weighted by Gasteiger charge is 2.17. The SMILES string of the molecule is CN(Cc1ccccc1)c1[nH]c(=O)n(C)c(=O)c1Cc1ccccc1Br. The maximum absolute atomic E-state index is 12.8. The first kappa shape index (κ1) is 18.2. The average Bonchev–Trinajstić information content (AvgIpc) is 2.64. The lowest BCUT2D eigenvalue weighted by Gasteiger charge is -2.22. The van der Waals surface area contributed by atoms with E-state index in [0.29, 0.717) is 24.3 Å². The number of nitrogens with zero attached hydrogens (tertiary/aromatic N) is 2. The van der Waals surface area contributed by atoms with Crippen LogP contribution in [-0.2, 0) is 20.0 Å². The maximum Gasteiger partial charge on any atom is 0.329 e. The van der Waals surface area contributed by atoms with Crippen molar-refractivity contribution < 1.29 is 0 Å². The van der Waals surface area contributed by atoms with Crippen LogP contribution in [0, 0.1) is 0 Å². The summed E-state index contributed by atoms with van der Waals surface area (Å²) in [5.41, 5.74) is 1.96. The van der Waals surface area contributed by atoms with E-state index in [1.807, 2.05) is 66.5 Å². The lowest BCUT2D eigenvalue weighted by atomic mass is 10.1. The van der Waals surface area contributed by atoms with Gasteiger partial charge < -0.3 is 4.90 Å². The van der Waals surface area contributed by atoms with Crippen molar-refractivity contribution in [1.82, 2.24) is 9.55 Å². The number of hydrogen-bond donors (Lipinski definition) is 1. The summed E-state index contributed by atoms with van der Waals surface area (Å²) in [5, 5.41) is 0. The lowest BCUT2D eigenvalue weighted by molar-refractivity contribution is 0.741. The zero-order valence-corrected chi connectivity index (χ0v) is 16.3. The second-order valence-electron chi connectivity index (χ2n) is 6.23. The average molecular weight is 414 g/mol. The van der Waals surface area contributed by atoms with Crippen molar-refractivity contribution in [3.63, 3.8) is 0 Å². The fraction of sp³-hybridized carbons (Fsp3) is 0.200. The first-order valence-electron chi connectivity index (χ1n) is 8.28. The Balaban J connectivity index is 2.05. The van der Waals surface area contributed by atoms with Gasteiger partial charge in [-0.25, -0.2) is 4.79 Å². The van der Waals surface area contributed by atoms with Crippen LogP contribution >= 0.6 is 15.9 Å². The van der Waals surface area contributed by atoms with Crippen LogP contribution in [0.4, 0.5) is 5.82 Å². The summed E-state index contributed by atoms with van der Waals surface area (Å²) in [4.78, 5) is 29.7. The maximum atomic E-state index is 12.8. The Morgan fingerprint density at radius 1 is 1.04 bits per heavy atom. The van der Waals surface area contributed by atoms with Gasteiger partial charge in [-0.2, -0.15) is 0 Å². The van der Waals surface area contributed by atoms with E-state index in [2.05, 4.69) is 20.9 Å². The molecule has 0 saturated heterocycles. The van der Waals surface area contributed by atoms with Gasteiger partial charge in [0.05, 0.1) is 5.56 Å². The third-order valence-electron chi connectivity index (χ3n) is 4.35. The molecule has 0 unspecified atom stereocenters. The van der Waals surface area contributed by atoms with E-state index in [0.717, 1.165) is 20.2 Å². The number of benzene rings is 2. The molecule has 0 aliphatic heterocycles. The van der Waals surface area contributed by atoms with E-state index < -0.39 is 5.69 Å². The lowest BCUT2D eigenvalue weighted by Crippen LogP contribution is -2.38. The van der Waals surface area contributed by atoms with Gasteiger partial charge in [0.2, 0.25) is 0 Å². The predicted octanol–water partition coefficient (Wildman–Crippen LogP) is 3.06. The fourth-order valence-electron chi connectivity index (χ4n) is 2.91. The molecule has 1 N–H and O–H groups in total. The summed E-state index contributed by atoms with van der Waals surface area (Å²) in [5.74, 6) is 0.553. The van der Waals surface area contributed by atoms with Gasteiger partial charge in [0.25, 0.3) is 5.56 Å². The molecule has 3 aromatic rings. The molecule has 3 rings (SSSR count). The van der Waals surface area contributed by atoms with Crippen LogP contribution < -0.4 is 16.1 Å². The molecule has 0 amide bonds. The molecule has 0 bridgehead atoms. The van der Waals surface area contributed by atoms with Gasteiger partial charge in [0.1, 0.15) is 5.82 Å². The van der Waals surface area contributed by atoms with Crippen LogP contribution in [0.25, 0.3) is 0 Å². The molecule has 6 heteroatoms. The molecule has 1 aromatic heterocycles. The number of aromatic amines is 1. The molecule has 0 atom stereocenters. The minimum atomic E-state index is -0.416. The first-order valence-corrected chi connectivity index (χ1v) is 9.07. The van der Waals surface area contributed by atoms with Gasteiger partial charge in [-0.05, 0) is 17.2 Å². The summed E-state index contributed by atoms with van der Waals surface area (Å²) in [6.45, 7) is 0.590. The number of hydrogen-bond acceptors (Lipinski definition) is 3. The molecule has 0 radical (unpaired) electrons. The zero-order valence-electron chi connectivity index (χ0n) is 14.7. The molecule has 0 aliphatic rings. The van der Waals surface area contributed by atoms with Crippen LogP contribution in [0.2, 0.25) is 0 Å². The van der Waals surface area contributed by atoms with Crippen molar-refractivity contribution in [1.29, 1.82) is 0 Å². The topological polar surface area (TPSA) is 58.1 Å². The minimum absolute atomic E-state index is 0.278. The summed E-state index contributed by atoms with van der Waals surface area (Å²) >= 11 is 3.53. The molecular weight excluding hydrogens is 394 g/mol. The van der Waals surface area contributed by atoms with Crippen molar-refractivity contribution in [3.05, 3.63) is 96.6 Å². The van der Waals surface area contributed by atoms with Crippen molar-refractivity contribution in [2.45, 2.75) is 13.0 Å².